The molecule has 4 heteroatoms. The van der Waals surface area contributed by atoms with E-state index < -0.39 is 5.41 Å². The number of hydrogen-bond acceptors (Lipinski definition) is 3. The highest BCUT2D eigenvalue weighted by atomic mass is 16.2. The summed E-state index contributed by atoms with van der Waals surface area (Å²) in [7, 11) is 0. The lowest BCUT2D eigenvalue weighted by Gasteiger charge is -2.24. The number of nitrogens with zero attached hydrogens (tertiary/aromatic N) is 1. The van der Waals surface area contributed by atoms with Crippen LogP contribution in [0.3, 0.4) is 0 Å². The molecule has 3 N–H and O–H groups in total. The first-order chi connectivity index (χ1) is 5.30. The van der Waals surface area contributed by atoms with Gasteiger partial charge in [-0.2, -0.15) is 0 Å². The van der Waals surface area contributed by atoms with E-state index in [-0.39, 0.29) is 11.7 Å². The Labute approximate surface area is 73.2 Å². The number of carbonyl (C=O) groups is 1. The first-order valence-corrected chi connectivity index (χ1v) is 3.97. The van der Waals surface area contributed by atoms with Crippen LogP contribution < -0.4 is 5.84 Å². The third-order valence-electron chi connectivity index (χ3n) is 1.49. The zero-order chi connectivity index (χ0) is 9.94. The lowest BCUT2D eigenvalue weighted by molar-refractivity contribution is -0.135. The number of rotatable bonds is 1. The van der Waals surface area contributed by atoms with Crippen LogP contribution in [-0.2, 0) is 4.79 Å². The molecule has 0 aliphatic carbocycles. The molecule has 0 radical (unpaired) electrons. The van der Waals surface area contributed by atoms with Gasteiger partial charge in [0.15, 0.2) is 0 Å². The highest BCUT2D eigenvalue weighted by molar-refractivity contribution is 5.97. The van der Waals surface area contributed by atoms with Crippen molar-refractivity contribution in [2.75, 3.05) is 0 Å². The van der Waals surface area contributed by atoms with Gasteiger partial charge in [0.05, 0.1) is 0 Å². The van der Waals surface area contributed by atoms with Gasteiger partial charge in [0.25, 0.3) is 0 Å². The van der Waals surface area contributed by atoms with E-state index in [2.05, 4.69) is 0 Å². The van der Waals surface area contributed by atoms with Gasteiger partial charge in [0.1, 0.15) is 5.84 Å². The van der Waals surface area contributed by atoms with Crippen LogP contribution in [0.2, 0.25) is 0 Å². The first kappa shape index (κ1) is 11.1. The highest BCUT2D eigenvalue weighted by Gasteiger charge is 2.26. The van der Waals surface area contributed by atoms with Crippen LogP contribution in [-0.4, -0.2) is 16.8 Å². The summed E-state index contributed by atoms with van der Waals surface area (Å²) in [6, 6.07) is 0. The van der Waals surface area contributed by atoms with Gasteiger partial charge in [-0.3, -0.25) is 10.2 Å². The van der Waals surface area contributed by atoms with Crippen molar-refractivity contribution in [3.8, 4) is 0 Å². The Balaban J connectivity index is 4.41. The van der Waals surface area contributed by atoms with Crippen molar-refractivity contribution >= 4 is 11.7 Å². The molecule has 12 heavy (non-hydrogen) atoms. The zero-order valence-corrected chi connectivity index (χ0v) is 8.14. The quantitative estimate of drug-likeness (QED) is 0.204. The van der Waals surface area contributed by atoms with Crippen molar-refractivity contribution < 1.29 is 4.79 Å². The summed E-state index contributed by atoms with van der Waals surface area (Å²) in [6.45, 7) is 7.12. The van der Waals surface area contributed by atoms with Crippen LogP contribution in [0.25, 0.3) is 0 Å². The molecule has 0 heterocycles. The molecule has 0 aromatic heterocycles. The average molecular weight is 171 g/mol. The molecule has 0 rings (SSSR count). The molecule has 0 aromatic carbocycles. The van der Waals surface area contributed by atoms with Crippen LogP contribution in [0, 0.1) is 10.8 Å². The number of amides is 1. The largest absolute Gasteiger partial charge is 0.287 e. The molecule has 0 aliphatic heterocycles. The SMILES string of the molecule is CCC(=N)N(N)C(=O)C(C)(C)C. The third-order valence-corrected chi connectivity index (χ3v) is 1.49. The van der Waals surface area contributed by atoms with Crippen LogP contribution in [0.5, 0.6) is 0 Å². The number of hydrazine groups is 1. The summed E-state index contributed by atoms with van der Waals surface area (Å²) in [4.78, 5) is 11.4. The Kier molecular flexibility index (Phi) is 3.39. The smallest absolute Gasteiger partial charge is 0.247 e. The van der Waals surface area contributed by atoms with E-state index in [0.717, 1.165) is 5.01 Å². The number of carbonyl (C=O) groups excluding carboxylic acids is 1. The molecule has 0 bridgehead atoms. The van der Waals surface area contributed by atoms with Crippen molar-refractivity contribution in [3.05, 3.63) is 0 Å². The molecule has 0 saturated heterocycles. The van der Waals surface area contributed by atoms with Crippen LogP contribution in [0.15, 0.2) is 0 Å². The maximum Gasteiger partial charge on any atom is 0.247 e. The molecular weight excluding hydrogens is 154 g/mol. The second-order valence-electron chi connectivity index (χ2n) is 3.73. The number of nitrogens with two attached hydrogens (primary N) is 1. The Morgan fingerprint density at radius 1 is 1.50 bits per heavy atom. The zero-order valence-electron chi connectivity index (χ0n) is 8.14. The molecule has 0 saturated carbocycles. The molecule has 0 atom stereocenters. The Morgan fingerprint density at radius 3 is 2.17 bits per heavy atom. The minimum Gasteiger partial charge on any atom is -0.287 e. The maximum absolute atomic E-state index is 11.4. The fourth-order valence-corrected chi connectivity index (χ4v) is 0.654. The van der Waals surface area contributed by atoms with Gasteiger partial charge in [-0.15, -0.1) is 0 Å². The van der Waals surface area contributed by atoms with Gasteiger partial charge in [-0.25, -0.2) is 10.9 Å². The van der Waals surface area contributed by atoms with E-state index >= 15 is 0 Å². The minimum atomic E-state index is -0.518. The molecule has 1 amide bonds. The molecule has 0 unspecified atom stereocenters. The third kappa shape index (κ3) is 2.62. The fraction of sp³-hybridized carbons (Fsp3) is 0.750. The van der Waals surface area contributed by atoms with Gasteiger partial charge in [0, 0.05) is 11.8 Å². The molecule has 0 fully saturated rings. The lowest BCUT2D eigenvalue weighted by Crippen LogP contribution is -2.47. The normalized spacial score (nSPS) is 11.1. The van der Waals surface area contributed by atoms with E-state index in [0.29, 0.717) is 6.42 Å². The van der Waals surface area contributed by atoms with Gasteiger partial charge in [0.2, 0.25) is 5.91 Å². The minimum absolute atomic E-state index is 0.148. The maximum atomic E-state index is 11.4. The van der Waals surface area contributed by atoms with Crippen molar-refractivity contribution in [3.63, 3.8) is 0 Å². The fourth-order valence-electron chi connectivity index (χ4n) is 0.654. The number of hydrogen-bond donors (Lipinski definition) is 2. The first-order valence-electron chi connectivity index (χ1n) is 3.97. The van der Waals surface area contributed by atoms with Crippen molar-refractivity contribution in [2.45, 2.75) is 34.1 Å². The summed E-state index contributed by atoms with van der Waals surface area (Å²) in [5.41, 5.74) is -0.518. The summed E-state index contributed by atoms with van der Waals surface area (Å²) < 4.78 is 0. The summed E-state index contributed by atoms with van der Waals surface area (Å²) in [5, 5.41) is 8.25. The van der Waals surface area contributed by atoms with E-state index in [1.165, 1.54) is 0 Å². The van der Waals surface area contributed by atoms with E-state index in [9.17, 15) is 4.79 Å². The highest BCUT2D eigenvalue weighted by Crippen LogP contribution is 2.15. The predicted octanol–water partition coefficient (Wildman–Crippen LogP) is 1.12. The van der Waals surface area contributed by atoms with Gasteiger partial charge in [-0.05, 0) is 0 Å². The second kappa shape index (κ2) is 3.67. The number of amidine groups is 1. The second-order valence-corrected chi connectivity index (χ2v) is 3.73. The van der Waals surface area contributed by atoms with Crippen LogP contribution in [0.1, 0.15) is 34.1 Å². The molecule has 4 nitrogen and oxygen atoms in total. The molecular formula is C8H17N3O. The molecule has 0 aromatic rings. The average Bonchev–Trinajstić information content (AvgIpc) is 1.98. The van der Waals surface area contributed by atoms with E-state index in [4.69, 9.17) is 11.3 Å². The van der Waals surface area contributed by atoms with Gasteiger partial charge < -0.3 is 0 Å². The van der Waals surface area contributed by atoms with Crippen LogP contribution in [0.4, 0.5) is 0 Å². The molecule has 70 valence electrons. The topological polar surface area (TPSA) is 70.2 Å². The lowest BCUT2D eigenvalue weighted by atomic mass is 9.95. The summed E-state index contributed by atoms with van der Waals surface area (Å²) in [5.74, 6) is 5.34. The van der Waals surface area contributed by atoms with Crippen molar-refractivity contribution in [1.82, 2.24) is 5.01 Å². The number of nitrogens with one attached hydrogen (secondary N) is 1. The Bertz CT molecular complexity index is 193. The van der Waals surface area contributed by atoms with Crippen LogP contribution >= 0.6 is 0 Å². The van der Waals surface area contributed by atoms with E-state index in [1.54, 1.807) is 27.7 Å². The Morgan fingerprint density at radius 2 is 1.92 bits per heavy atom. The van der Waals surface area contributed by atoms with Crippen molar-refractivity contribution in [1.29, 1.82) is 5.41 Å². The standard InChI is InChI=1S/C8H17N3O/c1-5-6(9)11(10)7(12)8(2,3)4/h9H,5,10H2,1-4H3. The molecule has 0 aliphatic rings. The Hall–Kier alpha value is -0.900. The van der Waals surface area contributed by atoms with Crippen molar-refractivity contribution in [2.24, 2.45) is 11.3 Å². The van der Waals surface area contributed by atoms with Gasteiger partial charge >= 0.3 is 0 Å². The summed E-state index contributed by atoms with van der Waals surface area (Å²) >= 11 is 0. The van der Waals surface area contributed by atoms with E-state index in [1.807, 2.05) is 0 Å². The van der Waals surface area contributed by atoms with Gasteiger partial charge in [-0.1, -0.05) is 27.7 Å². The molecule has 0 spiro atoms. The summed E-state index contributed by atoms with van der Waals surface area (Å²) in [6.07, 6.45) is 0.471. The monoisotopic (exact) mass is 171 g/mol. The predicted molar refractivity (Wildman–Crippen MR) is 48.5 cm³/mol.